The normalized spacial score (nSPS) is 21.9. The van der Waals surface area contributed by atoms with E-state index in [0.29, 0.717) is 16.5 Å². The van der Waals surface area contributed by atoms with Gasteiger partial charge in [-0.1, -0.05) is 54.4 Å². The van der Waals surface area contributed by atoms with Crippen LogP contribution in [0.3, 0.4) is 0 Å². The molecule has 0 spiro atoms. The number of esters is 1. The van der Waals surface area contributed by atoms with Gasteiger partial charge in [-0.25, -0.2) is 0 Å². The number of carbonyl (C=O) groups excluding carboxylic acids is 2. The molecule has 0 saturated carbocycles. The monoisotopic (exact) mass is 507 g/mol. The molecule has 6 nitrogen and oxygen atoms in total. The lowest BCUT2D eigenvalue weighted by molar-refractivity contribution is -0.188. The number of carbonyl (C=O) groups is 2. The van der Waals surface area contributed by atoms with Crippen LogP contribution in [0.25, 0.3) is 0 Å². The number of hydrogen-bond donors (Lipinski definition) is 1. The summed E-state index contributed by atoms with van der Waals surface area (Å²) < 4.78 is 11.8. The number of morpholine rings is 1. The molecule has 4 atom stereocenters. The topological polar surface area (TPSA) is 76.1 Å². The molecule has 0 aliphatic carbocycles. The smallest absolute Gasteiger partial charge is 0.309 e. The highest BCUT2D eigenvalue weighted by Crippen LogP contribution is 2.44. The lowest BCUT2D eigenvalue weighted by atomic mass is 9.89. The minimum atomic E-state index is -1.07. The van der Waals surface area contributed by atoms with Gasteiger partial charge in [-0.3, -0.25) is 9.59 Å². The first-order valence-corrected chi connectivity index (χ1v) is 12.1. The van der Waals surface area contributed by atoms with Gasteiger partial charge in [0.15, 0.2) is 0 Å². The van der Waals surface area contributed by atoms with Crippen molar-refractivity contribution in [2.45, 2.75) is 70.4 Å². The highest BCUT2D eigenvalue weighted by Gasteiger charge is 2.47. The Morgan fingerprint density at radius 2 is 1.79 bits per heavy atom. The van der Waals surface area contributed by atoms with Gasteiger partial charge >= 0.3 is 5.97 Å². The number of amides is 1. The van der Waals surface area contributed by atoms with Crippen molar-refractivity contribution >= 4 is 35.1 Å². The Morgan fingerprint density at radius 3 is 2.35 bits per heavy atom. The van der Waals surface area contributed by atoms with Crippen LogP contribution in [0.1, 0.15) is 63.8 Å². The summed E-state index contributed by atoms with van der Waals surface area (Å²) in [5.41, 5.74) is 0.862. The Bertz CT molecular complexity index is 1000. The quantitative estimate of drug-likeness (QED) is 0.500. The van der Waals surface area contributed by atoms with Crippen molar-refractivity contribution in [3.8, 4) is 0 Å². The number of rotatable bonds is 7. The highest BCUT2D eigenvalue weighted by atomic mass is 35.5. The van der Waals surface area contributed by atoms with Gasteiger partial charge < -0.3 is 19.5 Å². The molecule has 1 aliphatic heterocycles. The molecule has 184 valence electrons. The number of nitrogens with zero attached hydrogens (tertiary/aromatic N) is 1. The van der Waals surface area contributed by atoms with Crippen LogP contribution >= 0.6 is 23.2 Å². The van der Waals surface area contributed by atoms with Crippen molar-refractivity contribution in [2.75, 3.05) is 6.61 Å². The minimum Gasteiger partial charge on any atom is -0.460 e. The Labute approximate surface area is 210 Å². The van der Waals surface area contributed by atoms with E-state index in [1.807, 2.05) is 31.2 Å². The summed E-state index contributed by atoms with van der Waals surface area (Å²) in [6.07, 6.45) is -1.42. The third-order valence-corrected chi connectivity index (χ3v) is 6.15. The molecular formula is C26H31Cl2NO5. The Morgan fingerprint density at radius 1 is 1.12 bits per heavy atom. The van der Waals surface area contributed by atoms with E-state index < -0.39 is 35.9 Å². The largest absolute Gasteiger partial charge is 0.460 e. The predicted octanol–water partition coefficient (Wildman–Crippen LogP) is 5.51. The maximum Gasteiger partial charge on any atom is 0.309 e. The SMILES string of the molecule is CCC(CO)N1C(=O)[C@H](CC(=O)OC(C)(C)C)O[C@@H](c2cccc(Cl)c2)C1c1ccc(Cl)cc1. The van der Waals surface area contributed by atoms with Crippen molar-refractivity contribution in [2.24, 2.45) is 0 Å². The molecule has 3 rings (SSSR count). The van der Waals surface area contributed by atoms with Gasteiger partial charge in [-0.15, -0.1) is 0 Å². The molecule has 1 amide bonds. The lowest BCUT2D eigenvalue weighted by Crippen LogP contribution is -2.56. The minimum absolute atomic E-state index is 0.228. The molecule has 1 heterocycles. The fourth-order valence-corrected chi connectivity index (χ4v) is 4.51. The van der Waals surface area contributed by atoms with E-state index in [9.17, 15) is 14.7 Å². The second kappa shape index (κ2) is 11.1. The van der Waals surface area contributed by atoms with Crippen LogP contribution in [0.15, 0.2) is 48.5 Å². The molecule has 2 aromatic carbocycles. The Balaban J connectivity index is 2.09. The van der Waals surface area contributed by atoms with Gasteiger partial charge in [-0.2, -0.15) is 0 Å². The molecule has 0 bridgehead atoms. The maximum absolute atomic E-state index is 13.7. The average molecular weight is 508 g/mol. The highest BCUT2D eigenvalue weighted by molar-refractivity contribution is 6.30. The maximum atomic E-state index is 13.7. The van der Waals surface area contributed by atoms with E-state index >= 15 is 0 Å². The van der Waals surface area contributed by atoms with E-state index in [4.69, 9.17) is 32.7 Å². The molecular weight excluding hydrogens is 477 g/mol. The van der Waals surface area contributed by atoms with Crippen LogP contribution in [0.2, 0.25) is 10.0 Å². The van der Waals surface area contributed by atoms with Crippen LogP contribution < -0.4 is 0 Å². The van der Waals surface area contributed by atoms with E-state index in [-0.39, 0.29) is 18.9 Å². The summed E-state index contributed by atoms with van der Waals surface area (Å²) in [7, 11) is 0. The zero-order valence-corrected chi connectivity index (χ0v) is 21.3. The molecule has 34 heavy (non-hydrogen) atoms. The first-order chi connectivity index (χ1) is 16.0. The third-order valence-electron chi connectivity index (χ3n) is 5.66. The number of aliphatic hydroxyl groups is 1. The van der Waals surface area contributed by atoms with Crippen LogP contribution in [0.5, 0.6) is 0 Å². The van der Waals surface area contributed by atoms with Crippen molar-refractivity contribution < 1.29 is 24.2 Å². The van der Waals surface area contributed by atoms with E-state index in [0.717, 1.165) is 11.1 Å². The van der Waals surface area contributed by atoms with Gasteiger partial charge in [-0.05, 0) is 62.6 Å². The number of hydrogen-bond acceptors (Lipinski definition) is 5. The molecule has 8 heteroatoms. The zero-order chi connectivity index (χ0) is 25.0. The van der Waals surface area contributed by atoms with Crippen LogP contribution in [-0.2, 0) is 19.1 Å². The summed E-state index contributed by atoms with van der Waals surface area (Å²) in [6.45, 7) is 6.98. The Hall–Kier alpha value is -2.12. The molecule has 0 radical (unpaired) electrons. The number of benzene rings is 2. The van der Waals surface area contributed by atoms with E-state index in [2.05, 4.69) is 0 Å². The summed E-state index contributed by atoms with van der Waals surface area (Å²) in [4.78, 5) is 28.0. The van der Waals surface area contributed by atoms with Gasteiger partial charge in [0.1, 0.15) is 17.8 Å². The van der Waals surface area contributed by atoms with E-state index in [1.54, 1.807) is 49.9 Å². The first kappa shape index (κ1) is 26.5. The standard InChI is InChI=1S/C26H31Cl2NO5/c1-5-20(15-30)29-23(16-9-11-18(27)12-10-16)24(17-7-6-8-19(28)13-17)33-21(25(29)32)14-22(31)34-26(2,3)4/h6-13,20-21,23-24,30H,5,14-15H2,1-4H3/t20?,21-,23?,24-/m0/s1. The molecule has 0 aromatic heterocycles. The van der Waals surface area contributed by atoms with Crippen LogP contribution in [-0.4, -0.2) is 46.2 Å². The van der Waals surface area contributed by atoms with Crippen molar-refractivity contribution in [1.29, 1.82) is 0 Å². The Kier molecular flexibility index (Phi) is 8.63. The van der Waals surface area contributed by atoms with Crippen molar-refractivity contribution in [3.63, 3.8) is 0 Å². The van der Waals surface area contributed by atoms with Crippen LogP contribution in [0.4, 0.5) is 0 Å². The van der Waals surface area contributed by atoms with Crippen LogP contribution in [0, 0.1) is 0 Å². The van der Waals surface area contributed by atoms with Gasteiger partial charge in [0.05, 0.1) is 25.1 Å². The second-order valence-electron chi connectivity index (χ2n) is 9.38. The lowest BCUT2D eigenvalue weighted by Gasteiger charge is -2.47. The number of aliphatic hydroxyl groups excluding tert-OH is 1. The predicted molar refractivity (Wildman–Crippen MR) is 132 cm³/mol. The molecule has 2 aromatic rings. The molecule has 1 N–H and O–H groups in total. The second-order valence-corrected chi connectivity index (χ2v) is 10.3. The summed E-state index contributed by atoms with van der Waals surface area (Å²) >= 11 is 12.4. The summed E-state index contributed by atoms with van der Waals surface area (Å²) in [6, 6.07) is 13.4. The summed E-state index contributed by atoms with van der Waals surface area (Å²) in [5, 5.41) is 11.2. The molecule has 1 saturated heterocycles. The van der Waals surface area contributed by atoms with Crippen molar-refractivity contribution in [1.82, 2.24) is 4.90 Å². The molecule has 2 unspecified atom stereocenters. The summed E-state index contributed by atoms with van der Waals surface area (Å²) in [5.74, 6) is -0.900. The molecule has 1 fully saturated rings. The average Bonchev–Trinajstić information content (AvgIpc) is 2.76. The van der Waals surface area contributed by atoms with Crippen molar-refractivity contribution in [3.05, 3.63) is 69.7 Å². The zero-order valence-electron chi connectivity index (χ0n) is 19.8. The number of halogens is 2. The third kappa shape index (κ3) is 6.30. The van der Waals surface area contributed by atoms with E-state index in [1.165, 1.54) is 0 Å². The molecule has 1 aliphatic rings. The number of ether oxygens (including phenoxy) is 2. The van der Waals surface area contributed by atoms with Gasteiger partial charge in [0, 0.05) is 10.0 Å². The first-order valence-electron chi connectivity index (χ1n) is 11.3. The van der Waals surface area contributed by atoms with Gasteiger partial charge in [0.25, 0.3) is 5.91 Å². The fourth-order valence-electron chi connectivity index (χ4n) is 4.19. The fraction of sp³-hybridized carbons (Fsp3) is 0.462. The van der Waals surface area contributed by atoms with Gasteiger partial charge in [0.2, 0.25) is 0 Å².